The number of halogens is 1. The smallest absolute Gasteiger partial charge is 0.178 e. The number of hydrogen-bond acceptors (Lipinski definition) is 4. The molecule has 2 aromatic rings. The number of rotatable bonds is 3. The topological polar surface area (TPSA) is 64.8 Å². The minimum atomic E-state index is -3.25. The summed E-state index contributed by atoms with van der Waals surface area (Å²) >= 11 is 5.72. The maximum Gasteiger partial charge on any atom is 0.178 e. The summed E-state index contributed by atoms with van der Waals surface area (Å²) in [6.45, 7) is 1.88. The van der Waals surface area contributed by atoms with E-state index in [1.807, 2.05) is 13.0 Å². The molecule has 5 nitrogen and oxygen atoms in total. The number of aromatic nitrogens is 3. The lowest BCUT2D eigenvalue weighted by molar-refractivity contribution is 0.602. The van der Waals surface area contributed by atoms with Crippen LogP contribution in [0.1, 0.15) is 11.1 Å². The van der Waals surface area contributed by atoms with Crippen LogP contribution in [-0.4, -0.2) is 29.4 Å². The lowest BCUT2D eigenvalue weighted by Gasteiger charge is -2.05. The normalized spacial score (nSPS) is 11.7. The molecule has 0 atom stereocenters. The number of alkyl halides is 1. The van der Waals surface area contributed by atoms with E-state index < -0.39 is 9.84 Å². The fourth-order valence-electron chi connectivity index (χ4n) is 1.55. The predicted molar refractivity (Wildman–Crippen MR) is 68.8 cm³/mol. The van der Waals surface area contributed by atoms with E-state index in [9.17, 15) is 8.42 Å². The van der Waals surface area contributed by atoms with Crippen LogP contribution in [0.15, 0.2) is 29.6 Å². The van der Waals surface area contributed by atoms with Crippen molar-refractivity contribution in [2.45, 2.75) is 17.7 Å². The fourth-order valence-corrected chi connectivity index (χ4v) is 2.23. The zero-order valence-corrected chi connectivity index (χ0v) is 11.5. The van der Waals surface area contributed by atoms with Crippen molar-refractivity contribution in [3.05, 3.63) is 35.8 Å². The number of hydrogen-bond donors (Lipinski definition) is 0. The van der Waals surface area contributed by atoms with Gasteiger partial charge in [0, 0.05) is 18.3 Å². The molecule has 2 rings (SSSR count). The van der Waals surface area contributed by atoms with Crippen LogP contribution in [0.2, 0.25) is 0 Å². The van der Waals surface area contributed by atoms with Crippen LogP contribution >= 0.6 is 11.6 Å². The molecule has 0 saturated carbocycles. The second-order valence-electron chi connectivity index (χ2n) is 4.01. The van der Waals surface area contributed by atoms with E-state index in [0.717, 1.165) is 17.4 Å². The van der Waals surface area contributed by atoms with Crippen LogP contribution in [-0.2, 0) is 15.7 Å². The van der Waals surface area contributed by atoms with Crippen molar-refractivity contribution in [2.24, 2.45) is 0 Å². The summed E-state index contributed by atoms with van der Waals surface area (Å²) in [5, 5.41) is 4.01. The Morgan fingerprint density at radius 1 is 1.39 bits per heavy atom. The number of nitrogens with zero attached hydrogens (tertiary/aromatic N) is 3. The van der Waals surface area contributed by atoms with Gasteiger partial charge in [-0.25, -0.2) is 18.1 Å². The van der Waals surface area contributed by atoms with Gasteiger partial charge in [-0.2, -0.15) is 5.10 Å². The van der Waals surface area contributed by atoms with E-state index in [2.05, 4.69) is 10.1 Å². The van der Waals surface area contributed by atoms with E-state index >= 15 is 0 Å². The molecule has 0 aliphatic carbocycles. The summed E-state index contributed by atoms with van der Waals surface area (Å²) in [5.41, 5.74) is 1.80. The van der Waals surface area contributed by atoms with Crippen LogP contribution in [0.3, 0.4) is 0 Å². The lowest BCUT2D eigenvalue weighted by Crippen LogP contribution is -2.02. The van der Waals surface area contributed by atoms with E-state index in [1.165, 1.54) is 17.1 Å². The Morgan fingerprint density at radius 2 is 2.11 bits per heavy atom. The van der Waals surface area contributed by atoms with Crippen LogP contribution in [0.5, 0.6) is 0 Å². The first-order valence-electron chi connectivity index (χ1n) is 5.18. The molecule has 0 bridgehead atoms. The van der Waals surface area contributed by atoms with Gasteiger partial charge in [-0.05, 0) is 24.1 Å². The van der Waals surface area contributed by atoms with Gasteiger partial charge in [0.1, 0.15) is 4.90 Å². The quantitative estimate of drug-likeness (QED) is 0.806. The molecule has 0 saturated heterocycles. The molecule has 2 heterocycles. The Kier molecular flexibility index (Phi) is 3.41. The van der Waals surface area contributed by atoms with E-state index in [0.29, 0.717) is 11.7 Å². The summed E-state index contributed by atoms with van der Waals surface area (Å²) < 4.78 is 24.2. The van der Waals surface area contributed by atoms with Gasteiger partial charge in [-0.1, -0.05) is 0 Å². The molecule has 0 spiro atoms. The van der Waals surface area contributed by atoms with Gasteiger partial charge >= 0.3 is 0 Å². The minimum Gasteiger partial charge on any atom is -0.237 e. The molecule has 7 heteroatoms. The maximum atomic E-state index is 11.4. The van der Waals surface area contributed by atoms with E-state index in [-0.39, 0.29) is 4.90 Å². The molecule has 2 aromatic heterocycles. The highest BCUT2D eigenvalue weighted by atomic mass is 35.5. The standard InChI is InChI=1S/C11H12ClN3O2S/c1-8-3-9(4-12)5-13-11(8)15-7-10(6-14-15)18(2,16)17/h3,5-7H,4H2,1-2H3. The average Bonchev–Trinajstić information content (AvgIpc) is 2.77. The van der Waals surface area contributed by atoms with Crippen molar-refractivity contribution >= 4 is 21.4 Å². The third kappa shape index (κ3) is 2.54. The van der Waals surface area contributed by atoms with Gasteiger partial charge in [-0.15, -0.1) is 11.6 Å². The molecule has 0 aromatic carbocycles. The Morgan fingerprint density at radius 3 is 2.61 bits per heavy atom. The molecule has 0 unspecified atom stereocenters. The SMILES string of the molecule is Cc1cc(CCl)cnc1-n1cc(S(C)(=O)=O)cn1. The zero-order chi connectivity index (χ0) is 13.3. The molecule has 0 N–H and O–H groups in total. The van der Waals surface area contributed by atoms with Crippen molar-refractivity contribution in [3.8, 4) is 5.82 Å². The Bertz CT molecular complexity index is 679. The van der Waals surface area contributed by atoms with Crippen LogP contribution in [0, 0.1) is 6.92 Å². The highest BCUT2D eigenvalue weighted by Gasteiger charge is 2.12. The molecular weight excluding hydrogens is 274 g/mol. The van der Waals surface area contributed by atoms with Crippen LogP contribution < -0.4 is 0 Å². The van der Waals surface area contributed by atoms with Crippen LogP contribution in [0.4, 0.5) is 0 Å². The van der Waals surface area contributed by atoms with Crippen molar-refractivity contribution in [1.29, 1.82) is 0 Å². The predicted octanol–water partition coefficient (Wildman–Crippen LogP) is 1.72. The van der Waals surface area contributed by atoms with Crippen molar-refractivity contribution in [3.63, 3.8) is 0 Å². The van der Waals surface area contributed by atoms with Gasteiger partial charge in [0.2, 0.25) is 0 Å². The molecule has 0 fully saturated rings. The van der Waals surface area contributed by atoms with Crippen molar-refractivity contribution in [2.75, 3.05) is 6.26 Å². The third-order valence-electron chi connectivity index (χ3n) is 2.47. The fraction of sp³-hybridized carbons (Fsp3) is 0.273. The Balaban J connectivity index is 2.47. The summed E-state index contributed by atoms with van der Waals surface area (Å²) in [5.74, 6) is 0.987. The summed E-state index contributed by atoms with van der Waals surface area (Å²) in [7, 11) is -3.25. The van der Waals surface area contributed by atoms with E-state index in [1.54, 1.807) is 6.20 Å². The molecule has 18 heavy (non-hydrogen) atoms. The number of pyridine rings is 1. The van der Waals surface area contributed by atoms with Gasteiger partial charge in [0.05, 0.1) is 12.4 Å². The lowest BCUT2D eigenvalue weighted by atomic mass is 10.2. The molecule has 0 aliphatic rings. The molecule has 0 aliphatic heterocycles. The largest absolute Gasteiger partial charge is 0.237 e. The van der Waals surface area contributed by atoms with Gasteiger partial charge in [0.25, 0.3) is 0 Å². The first kappa shape index (κ1) is 13.0. The average molecular weight is 286 g/mol. The molecule has 96 valence electrons. The zero-order valence-electron chi connectivity index (χ0n) is 9.96. The molecule has 0 amide bonds. The summed E-state index contributed by atoms with van der Waals surface area (Å²) in [6, 6.07) is 1.90. The van der Waals surface area contributed by atoms with Crippen LogP contribution in [0.25, 0.3) is 5.82 Å². The van der Waals surface area contributed by atoms with Gasteiger partial charge in [0.15, 0.2) is 15.7 Å². The first-order valence-corrected chi connectivity index (χ1v) is 7.61. The van der Waals surface area contributed by atoms with Gasteiger partial charge in [-0.3, -0.25) is 0 Å². The number of sulfone groups is 1. The maximum absolute atomic E-state index is 11.4. The Hall–Kier alpha value is -1.40. The van der Waals surface area contributed by atoms with E-state index in [4.69, 9.17) is 11.6 Å². The highest BCUT2D eigenvalue weighted by Crippen LogP contribution is 2.15. The number of aryl methyl sites for hydroxylation is 1. The molecular formula is C11H12ClN3O2S. The summed E-state index contributed by atoms with van der Waals surface area (Å²) in [4.78, 5) is 4.41. The second-order valence-corrected chi connectivity index (χ2v) is 6.29. The Labute approximate surface area is 110 Å². The first-order chi connectivity index (χ1) is 8.41. The summed E-state index contributed by atoms with van der Waals surface area (Å²) in [6.07, 6.45) is 5.55. The molecule has 0 radical (unpaired) electrons. The van der Waals surface area contributed by atoms with Crippen molar-refractivity contribution in [1.82, 2.24) is 14.8 Å². The second kappa shape index (κ2) is 4.70. The third-order valence-corrected chi connectivity index (χ3v) is 3.84. The monoisotopic (exact) mass is 285 g/mol. The highest BCUT2D eigenvalue weighted by molar-refractivity contribution is 7.90. The van der Waals surface area contributed by atoms with Gasteiger partial charge < -0.3 is 0 Å². The minimum absolute atomic E-state index is 0.171. The van der Waals surface area contributed by atoms with Crippen molar-refractivity contribution < 1.29 is 8.42 Å².